The van der Waals surface area contributed by atoms with Gasteiger partial charge in [-0.1, -0.05) is 6.07 Å². The van der Waals surface area contributed by atoms with Gasteiger partial charge in [-0.2, -0.15) is 0 Å². The average Bonchev–Trinajstić information content (AvgIpc) is 2.43. The van der Waals surface area contributed by atoms with Crippen LogP contribution in [0.1, 0.15) is 20.7 Å². The Morgan fingerprint density at radius 2 is 1.62 bits per heavy atom. The topological polar surface area (TPSA) is 49.4 Å². The van der Waals surface area contributed by atoms with Gasteiger partial charge in [0.25, 0.3) is 11.8 Å². The molecule has 1 heterocycles. The van der Waals surface area contributed by atoms with Gasteiger partial charge in [0.1, 0.15) is 0 Å². The molecule has 1 aliphatic heterocycles. The standard InChI is InChI=1S/C8H4BrNO2.Br3N/c9-5-3-1-2-4-6(5)8(12)10-7(4)11;1-4(2)3/h1-3H,(H,10,11,12);. The van der Waals surface area contributed by atoms with E-state index in [4.69, 9.17) is 0 Å². The number of hydrogen-bond acceptors (Lipinski definition) is 3. The highest BCUT2D eigenvalue weighted by molar-refractivity contribution is 9.33. The Balaban J connectivity index is 0.000000280. The summed E-state index contributed by atoms with van der Waals surface area (Å²) in [5.74, 6) is -0.654. The van der Waals surface area contributed by atoms with Crippen molar-refractivity contribution < 1.29 is 9.59 Å². The Hall–Kier alpha value is 0.240. The molecule has 0 atom stereocenters. The number of nitrogens with one attached hydrogen (secondary N) is 1. The number of halogens is 4. The molecule has 1 aromatic carbocycles. The number of imide groups is 1. The van der Waals surface area contributed by atoms with Crippen LogP contribution in [0.5, 0.6) is 0 Å². The van der Waals surface area contributed by atoms with Gasteiger partial charge >= 0.3 is 0 Å². The van der Waals surface area contributed by atoms with E-state index in [1.54, 1.807) is 18.2 Å². The number of carbonyl (C=O) groups is 2. The Morgan fingerprint density at radius 1 is 1.06 bits per heavy atom. The summed E-state index contributed by atoms with van der Waals surface area (Å²) in [6.45, 7) is 0. The zero-order valence-electron chi connectivity index (χ0n) is 7.51. The van der Waals surface area contributed by atoms with Crippen LogP contribution in [0.3, 0.4) is 0 Å². The Bertz CT molecular complexity index is 433. The van der Waals surface area contributed by atoms with Crippen molar-refractivity contribution in [3.63, 3.8) is 0 Å². The molecule has 0 bridgehead atoms. The van der Waals surface area contributed by atoms with E-state index in [0.717, 1.165) is 0 Å². The first-order valence-corrected chi connectivity index (χ1v) is 6.77. The fourth-order valence-corrected chi connectivity index (χ4v) is 1.72. The van der Waals surface area contributed by atoms with E-state index in [0.29, 0.717) is 15.6 Å². The van der Waals surface area contributed by atoms with Gasteiger partial charge in [-0.3, -0.25) is 14.9 Å². The van der Waals surface area contributed by atoms with E-state index in [2.05, 4.69) is 69.7 Å². The van der Waals surface area contributed by atoms with Gasteiger partial charge in [0.15, 0.2) is 0 Å². The number of nitrogens with zero attached hydrogens (tertiary/aromatic N) is 1. The van der Waals surface area contributed by atoms with Crippen molar-refractivity contribution in [3.05, 3.63) is 33.8 Å². The van der Waals surface area contributed by atoms with Gasteiger partial charge in [0, 0.05) is 52.9 Å². The molecule has 1 aliphatic rings. The first kappa shape index (κ1) is 14.3. The maximum Gasteiger partial charge on any atom is 0.260 e. The van der Waals surface area contributed by atoms with Gasteiger partial charge < -0.3 is 0 Å². The number of amides is 2. The van der Waals surface area contributed by atoms with E-state index in [1.807, 2.05) is 0 Å². The van der Waals surface area contributed by atoms with Crippen molar-refractivity contribution in [3.8, 4) is 0 Å². The molecule has 16 heavy (non-hydrogen) atoms. The number of fused-ring (bicyclic) bond motifs is 1. The first-order valence-electron chi connectivity index (χ1n) is 3.85. The molecule has 8 heteroatoms. The molecule has 0 aliphatic carbocycles. The molecule has 1 N–H and O–H groups in total. The quantitative estimate of drug-likeness (QED) is 0.457. The van der Waals surface area contributed by atoms with Crippen LogP contribution >= 0.6 is 64.4 Å². The van der Waals surface area contributed by atoms with Crippen LogP contribution in [0.2, 0.25) is 0 Å². The summed E-state index contributed by atoms with van der Waals surface area (Å²) in [6.07, 6.45) is 0. The minimum atomic E-state index is -0.331. The minimum absolute atomic E-state index is 0.323. The van der Waals surface area contributed by atoms with Crippen molar-refractivity contribution in [1.29, 1.82) is 0 Å². The minimum Gasteiger partial charge on any atom is -0.288 e. The Morgan fingerprint density at radius 3 is 2.12 bits per heavy atom. The lowest BCUT2D eigenvalue weighted by atomic mass is 10.1. The molecule has 0 aromatic heterocycles. The molecule has 1 aromatic rings. The number of rotatable bonds is 0. The number of carbonyl (C=O) groups excluding carboxylic acids is 2. The molecular formula is C8H4Br4N2O2. The van der Waals surface area contributed by atoms with E-state index in [-0.39, 0.29) is 11.8 Å². The van der Waals surface area contributed by atoms with E-state index >= 15 is 0 Å². The van der Waals surface area contributed by atoms with Gasteiger partial charge in [0.2, 0.25) is 0 Å². The van der Waals surface area contributed by atoms with Crippen LogP contribution in [0, 0.1) is 0 Å². The van der Waals surface area contributed by atoms with E-state index in [1.165, 1.54) is 1.98 Å². The molecule has 0 unspecified atom stereocenters. The maximum absolute atomic E-state index is 11.1. The van der Waals surface area contributed by atoms with Crippen molar-refractivity contribution in [2.45, 2.75) is 0 Å². The van der Waals surface area contributed by atoms with Crippen molar-refractivity contribution in [2.24, 2.45) is 0 Å². The van der Waals surface area contributed by atoms with E-state index < -0.39 is 0 Å². The second-order valence-electron chi connectivity index (χ2n) is 2.64. The molecule has 2 rings (SSSR count). The highest BCUT2D eigenvalue weighted by Crippen LogP contribution is 2.23. The van der Waals surface area contributed by atoms with Crippen LogP contribution in [-0.4, -0.2) is 13.8 Å². The molecular weight excluding hydrogens is 476 g/mol. The van der Waals surface area contributed by atoms with Crippen LogP contribution in [-0.2, 0) is 0 Å². The third-order valence-corrected chi connectivity index (χ3v) is 2.37. The second kappa shape index (κ2) is 6.25. The molecule has 0 saturated carbocycles. The lowest BCUT2D eigenvalue weighted by Gasteiger charge is -1.94. The van der Waals surface area contributed by atoms with Crippen LogP contribution in [0.4, 0.5) is 0 Å². The van der Waals surface area contributed by atoms with Crippen LogP contribution < -0.4 is 5.32 Å². The Labute approximate surface area is 126 Å². The first-order chi connectivity index (χ1) is 7.43. The Kier molecular flexibility index (Phi) is 5.58. The molecule has 0 saturated heterocycles. The van der Waals surface area contributed by atoms with Gasteiger partial charge in [0.05, 0.1) is 11.1 Å². The molecule has 2 amide bonds. The molecule has 0 fully saturated rings. The summed E-state index contributed by atoms with van der Waals surface area (Å²) in [5.41, 5.74) is 0.872. The summed E-state index contributed by atoms with van der Waals surface area (Å²) in [4.78, 5) is 22.2. The fraction of sp³-hybridized carbons (Fsp3) is 0. The van der Waals surface area contributed by atoms with Gasteiger partial charge in [-0.05, 0) is 28.1 Å². The average molecular weight is 480 g/mol. The maximum atomic E-state index is 11.1. The highest BCUT2D eigenvalue weighted by Gasteiger charge is 2.28. The SMILES string of the molecule is BrN(Br)Br.O=C1NC(=O)c2c(Br)cccc21. The van der Waals surface area contributed by atoms with E-state index in [9.17, 15) is 9.59 Å². The second-order valence-corrected chi connectivity index (χ2v) is 8.47. The molecule has 4 nitrogen and oxygen atoms in total. The lowest BCUT2D eigenvalue weighted by molar-refractivity contribution is 0.0879. The van der Waals surface area contributed by atoms with Gasteiger partial charge in [-0.25, -0.2) is 0 Å². The summed E-state index contributed by atoms with van der Waals surface area (Å²) < 4.78 is 2.09. The highest BCUT2D eigenvalue weighted by atomic mass is 80.0. The predicted octanol–water partition coefficient (Wildman–Crippen LogP) is 3.55. The van der Waals surface area contributed by atoms with Crippen LogP contribution in [0.15, 0.2) is 22.7 Å². The van der Waals surface area contributed by atoms with Crippen molar-refractivity contribution in [2.75, 3.05) is 0 Å². The summed E-state index contributed by atoms with van der Waals surface area (Å²) >= 11 is 12.0. The zero-order valence-corrected chi connectivity index (χ0v) is 13.9. The number of hydrogen-bond donors (Lipinski definition) is 1. The van der Waals surface area contributed by atoms with Gasteiger partial charge in [-0.15, -0.1) is 1.98 Å². The third-order valence-electron chi connectivity index (χ3n) is 1.71. The zero-order chi connectivity index (χ0) is 12.3. The fourth-order valence-electron chi connectivity index (χ4n) is 1.18. The molecule has 0 spiro atoms. The molecule has 0 radical (unpaired) electrons. The van der Waals surface area contributed by atoms with Crippen molar-refractivity contribution in [1.82, 2.24) is 7.29 Å². The summed E-state index contributed by atoms with van der Waals surface area (Å²) in [5, 5.41) is 2.22. The number of benzene rings is 1. The lowest BCUT2D eigenvalue weighted by Crippen LogP contribution is -2.20. The molecule has 86 valence electrons. The van der Waals surface area contributed by atoms with Crippen LogP contribution in [0.25, 0.3) is 0 Å². The monoisotopic (exact) mass is 476 g/mol. The third kappa shape index (κ3) is 3.63. The largest absolute Gasteiger partial charge is 0.288 e. The smallest absolute Gasteiger partial charge is 0.260 e. The normalized spacial score (nSPS) is 13.1. The summed E-state index contributed by atoms with van der Waals surface area (Å²) in [6, 6.07) is 5.08. The predicted molar refractivity (Wildman–Crippen MR) is 74.6 cm³/mol. The summed E-state index contributed by atoms with van der Waals surface area (Å²) in [7, 11) is 0. The van der Waals surface area contributed by atoms with Crippen molar-refractivity contribution >= 4 is 76.2 Å².